The Labute approximate surface area is 169 Å². The number of carbonyl (C=O) groups is 1. The van der Waals surface area contributed by atoms with Gasteiger partial charge in [0.05, 0.1) is 0 Å². The highest BCUT2D eigenvalue weighted by Gasteiger charge is 2.23. The van der Waals surface area contributed by atoms with Crippen LogP contribution in [0.25, 0.3) is 0 Å². The maximum Gasteiger partial charge on any atom is 0.321 e. The van der Waals surface area contributed by atoms with Crippen LogP contribution in [0.1, 0.15) is 42.0 Å². The van der Waals surface area contributed by atoms with Gasteiger partial charge in [0, 0.05) is 37.6 Å². The number of carbonyl (C=O) groups excluding carboxylic acids is 1. The van der Waals surface area contributed by atoms with Crippen molar-refractivity contribution < 1.29 is 4.79 Å². The van der Waals surface area contributed by atoms with E-state index in [1.807, 2.05) is 11.0 Å². The maximum atomic E-state index is 12.8. The van der Waals surface area contributed by atoms with Crippen LogP contribution in [0.4, 0.5) is 16.2 Å². The van der Waals surface area contributed by atoms with E-state index in [-0.39, 0.29) is 6.03 Å². The Balaban J connectivity index is 1.58. The zero-order valence-electron chi connectivity index (χ0n) is 17.7. The van der Waals surface area contributed by atoms with Crippen molar-refractivity contribution in [2.45, 2.75) is 47.0 Å². The third-order valence-corrected chi connectivity index (χ3v) is 5.67. The molecule has 0 radical (unpaired) electrons. The van der Waals surface area contributed by atoms with Gasteiger partial charge in [-0.15, -0.1) is 0 Å². The fourth-order valence-electron chi connectivity index (χ4n) is 4.03. The van der Waals surface area contributed by atoms with E-state index in [0.29, 0.717) is 0 Å². The number of unbranched alkanes of at least 4 members (excludes halogenated alkanes) is 1. The number of piperazine rings is 1. The molecular formula is C24H33N3O. The van der Waals surface area contributed by atoms with E-state index in [9.17, 15) is 4.79 Å². The number of rotatable bonds is 5. The summed E-state index contributed by atoms with van der Waals surface area (Å²) in [6, 6.07) is 12.8. The molecule has 1 saturated heterocycles. The summed E-state index contributed by atoms with van der Waals surface area (Å²) in [4.78, 5) is 17.1. The van der Waals surface area contributed by atoms with E-state index in [2.05, 4.69) is 68.2 Å². The lowest BCUT2D eigenvalue weighted by atomic mass is 10.0. The molecular weight excluding hydrogens is 346 g/mol. The van der Waals surface area contributed by atoms with Gasteiger partial charge in [0.2, 0.25) is 0 Å². The van der Waals surface area contributed by atoms with Crippen LogP contribution in [0.3, 0.4) is 0 Å². The van der Waals surface area contributed by atoms with E-state index in [0.717, 1.165) is 43.9 Å². The normalized spacial score (nSPS) is 14.3. The van der Waals surface area contributed by atoms with Crippen LogP contribution in [0.2, 0.25) is 0 Å². The predicted octanol–water partition coefficient (Wildman–Crippen LogP) is 5.31. The molecule has 4 nitrogen and oxygen atoms in total. The molecule has 0 bridgehead atoms. The molecule has 1 aliphatic heterocycles. The quantitative estimate of drug-likeness (QED) is 0.764. The summed E-state index contributed by atoms with van der Waals surface area (Å²) in [5, 5.41) is 3.11. The first kappa shape index (κ1) is 20.2. The van der Waals surface area contributed by atoms with Crippen molar-refractivity contribution in [2.24, 2.45) is 0 Å². The average molecular weight is 380 g/mol. The number of urea groups is 1. The molecule has 0 unspecified atom stereocenters. The standard InChI is InChI=1S/C24H33N3O/c1-5-6-10-21-11-12-22(20(4)17-21)25-24(28)27-15-13-26(14-16-27)23-18(2)8-7-9-19(23)3/h7-9,11-12,17H,5-6,10,13-16H2,1-4H3,(H,25,28). The molecule has 4 heteroatoms. The lowest BCUT2D eigenvalue weighted by Crippen LogP contribution is -2.50. The highest BCUT2D eigenvalue weighted by atomic mass is 16.2. The summed E-state index contributed by atoms with van der Waals surface area (Å²) in [6.07, 6.45) is 3.51. The fourth-order valence-corrected chi connectivity index (χ4v) is 4.03. The van der Waals surface area contributed by atoms with Crippen LogP contribution in [0.5, 0.6) is 0 Å². The smallest absolute Gasteiger partial charge is 0.321 e. The second-order valence-corrected chi connectivity index (χ2v) is 7.90. The fraction of sp³-hybridized carbons (Fsp3) is 0.458. The van der Waals surface area contributed by atoms with Crippen LogP contribution in [-0.2, 0) is 6.42 Å². The minimum atomic E-state index is 0.00515. The van der Waals surface area contributed by atoms with Gasteiger partial charge >= 0.3 is 6.03 Å². The van der Waals surface area contributed by atoms with Crippen LogP contribution in [0.15, 0.2) is 36.4 Å². The third-order valence-electron chi connectivity index (χ3n) is 5.67. The zero-order chi connectivity index (χ0) is 20.1. The van der Waals surface area contributed by atoms with Gasteiger partial charge in [-0.25, -0.2) is 4.79 Å². The zero-order valence-corrected chi connectivity index (χ0v) is 17.7. The molecule has 28 heavy (non-hydrogen) atoms. The summed E-state index contributed by atoms with van der Waals surface area (Å²) >= 11 is 0. The molecule has 3 rings (SSSR count). The molecule has 1 fully saturated rings. The van der Waals surface area contributed by atoms with Gasteiger partial charge in [-0.3, -0.25) is 0 Å². The average Bonchev–Trinajstić information content (AvgIpc) is 2.68. The largest absolute Gasteiger partial charge is 0.368 e. The summed E-state index contributed by atoms with van der Waals surface area (Å²) in [7, 11) is 0. The van der Waals surface area contributed by atoms with Crippen molar-refractivity contribution in [1.29, 1.82) is 0 Å². The molecule has 150 valence electrons. The van der Waals surface area contributed by atoms with Gasteiger partial charge in [-0.1, -0.05) is 43.7 Å². The molecule has 2 aromatic carbocycles. The van der Waals surface area contributed by atoms with E-state index >= 15 is 0 Å². The van der Waals surface area contributed by atoms with Crippen molar-refractivity contribution in [1.82, 2.24) is 4.90 Å². The highest BCUT2D eigenvalue weighted by molar-refractivity contribution is 5.90. The van der Waals surface area contributed by atoms with Gasteiger partial charge in [0.25, 0.3) is 0 Å². The second-order valence-electron chi connectivity index (χ2n) is 7.90. The number of nitrogens with zero attached hydrogens (tertiary/aromatic N) is 2. The van der Waals surface area contributed by atoms with E-state index in [1.54, 1.807) is 0 Å². The van der Waals surface area contributed by atoms with Gasteiger partial charge in [-0.2, -0.15) is 0 Å². The topological polar surface area (TPSA) is 35.6 Å². The number of benzene rings is 2. The summed E-state index contributed by atoms with van der Waals surface area (Å²) in [5.41, 5.74) is 7.33. The van der Waals surface area contributed by atoms with Crippen molar-refractivity contribution in [3.05, 3.63) is 58.7 Å². The summed E-state index contributed by atoms with van der Waals surface area (Å²) in [6.45, 7) is 11.8. The molecule has 1 N–H and O–H groups in total. The Morgan fingerprint density at radius 3 is 2.25 bits per heavy atom. The molecule has 1 heterocycles. The van der Waals surface area contributed by atoms with Crippen molar-refractivity contribution in [3.8, 4) is 0 Å². The van der Waals surface area contributed by atoms with Crippen molar-refractivity contribution in [3.63, 3.8) is 0 Å². The molecule has 0 atom stereocenters. The van der Waals surface area contributed by atoms with E-state index in [4.69, 9.17) is 0 Å². The van der Waals surface area contributed by atoms with Gasteiger partial charge in [0.15, 0.2) is 0 Å². The van der Waals surface area contributed by atoms with Gasteiger partial charge in [-0.05, 0) is 61.9 Å². The number of hydrogen-bond donors (Lipinski definition) is 1. The Morgan fingerprint density at radius 1 is 0.964 bits per heavy atom. The molecule has 0 aromatic heterocycles. The van der Waals surface area contributed by atoms with Crippen molar-refractivity contribution >= 4 is 17.4 Å². The summed E-state index contributed by atoms with van der Waals surface area (Å²) in [5.74, 6) is 0. The Hall–Kier alpha value is -2.49. The number of amides is 2. The van der Waals surface area contributed by atoms with Gasteiger partial charge in [0.1, 0.15) is 0 Å². The SMILES string of the molecule is CCCCc1ccc(NC(=O)N2CCN(c3c(C)cccc3C)CC2)c(C)c1. The molecule has 0 saturated carbocycles. The van der Waals surface area contributed by atoms with Gasteiger partial charge < -0.3 is 15.1 Å². The first-order chi connectivity index (χ1) is 13.5. The van der Waals surface area contributed by atoms with Crippen molar-refractivity contribution in [2.75, 3.05) is 36.4 Å². The Kier molecular flexibility index (Phi) is 6.61. The lowest BCUT2D eigenvalue weighted by Gasteiger charge is -2.37. The Morgan fingerprint density at radius 2 is 1.64 bits per heavy atom. The Bertz CT molecular complexity index is 802. The monoisotopic (exact) mass is 379 g/mol. The number of anilines is 2. The van der Waals surface area contributed by atoms with Crippen LogP contribution in [-0.4, -0.2) is 37.1 Å². The minimum absolute atomic E-state index is 0.00515. The van der Waals surface area contributed by atoms with E-state index in [1.165, 1.54) is 35.2 Å². The molecule has 1 aliphatic rings. The summed E-state index contributed by atoms with van der Waals surface area (Å²) < 4.78 is 0. The minimum Gasteiger partial charge on any atom is -0.368 e. The lowest BCUT2D eigenvalue weighted by molar-refractivity contribution is 0.208. The first-order valence-electron chi connectivity index (χ1n) is 10.5. The second kappa shape index (κ2) is 9.13. The molecule has 0 aliphatic carbocycles. The molecule has 2 amide bonds. The van der Waals surface area contributed by atoms with Crippen LogP contribution >= 0.6 is 0 Å². The predicted molar refractivity (Wildman–Crippen MR) is 119 cm³/mol. The molecule has 0 spiro atoms. The maximum absolute atomic E-state index is 12.8. The number of hydrogen-bond acceptors (Lipinski definition) is 2. The first-order valence-corrected chi connectivity index (χ1v) is 10.5. The van der Waals surface area contributed by atoms with Crippen LogP contribution < -0.4 is 10.2 Å². The van der Waals surface area contributed by atoms with E-state index < -0.39 is 0 Å². The van der Waals surface area contributed by atoms with Crippen LogP contribution in [0, 0.1) is 20.8 Å². The molecule has 2 aromatic rings. The third kappa shape index (κ3) is 4.67. The highest BCUT2D eigenvalue weighted by Crippen LogP contribution is 2.26. The number of para-hydroxylation sites is 1. The number of aryl methyl sites for hydroxylation is 4. The number of nitrogens with one attached hydrogen (secondary N) is 1.